The summed E-state index contributed by atoms with van der Waals surface area (Å²) in [5.41, 5.74) is 5.01. The normalized spacial score (nSPS) is 12.8. The second-order valence-corrected chi connectivity index (χ2v) is 7.54. The Kier molecular flexibility index (Phi) is 5.78. The fraction of sp³-hybridized carbons (Fsp3) is 0.364. The first kappa shape index (κ1) is 15.4. The molecule has 0 saturated carbocycles. The Morgan fingerprint density at radius 1 is 1.68 bits per heavy atom. The van der Waals surface area contributed by atoms with E-state index in [9.17, 15) is 0 Å². The molecule has 0 fully saturated rings. The first-order valence-corrected chi connectivity index (χ1v) is 8.32. The molecule has 0 aliphatic rings. The zero-order valence-electron chi connectivity index (χ0n) is 10.3. The molecule has 0 aliphatic heterocycles. The van der Waals surface area contributed by atoms with Gasteiger partial charge in [0.15, 0.2) is 0 Å². The van der Waals surface area contributed by atoms with E-state index in [1.165, 1.54) is 2.88 Å². The van der Waals surface area contributed by atoms with Gasteiger partial charge in [-0.25, -0.2) is 5.43 Å². The van der Waals surface area contributed by atoms with Gasteiger partial charge in [-0.3, -0.25) is 10.5 Å². The van der Waals surface area contributed by atoms with Crippen LogP contribution in [0.25, 0.3) is 0 Å². The van der Waals surface area contributed by atoms with E-state index in [1.54, 1.807) is 24.6 Å². The van der Waals surface area contributed by atoms with Gasteiger partial charge in [-0.05, 0) is 55.5 Å². The van der Waals surface area contributed by atoms with E-state index >= 15 is 0 Å². The number of rotatable bonds is 6. The maximum absolute atomic E-state index is 5.73. The molecule has 0 bridgehead atoms. The molecule has 3 N–H and O–H groups in total. The van der Waals surface area contributed by atoms with Crippen molar-refractivity contribution < 1.29 is 4.74 Å². The lowest BCUT2D eigenvalue weighted by atomic mass is 10.1. The monoisotopic (exact) mass is 456 g/mol. The molecule has 19 heavy (non-hydrogen) atoms. The number of nitrogens with one attached hydrogen (secondary N) is 1. The number of hydrazine groups is 1. The summed E-state index contributed by atoms with van der Waals surface area (Å²) in [7, 11) is 1.68. The molecular formula is C11H14BrIN4OS. The molecule has 0 amide bonds. The molecule has 0 aromatic carbocycles. The van der Waals surface area contributed by atoms with Crippen molar-refractivity contribution in [3.63, 3.8) is 0 Å². The number of thiophene rings is 1. The van der Waals surface area contributed by atoms with Crippen LogP contribution in [-0.4, -0.2) is 23.5 Å². The molecule has 2 rings (SSSR count). The van der Waals surface area contributed by atoms with Crippen molar-refractivity contribution in [2.24, 2.45) is 5.84 Å². The Balaban J connectivity index is 2.34. The minimum absolute atomic E-state index is 0.0894. The van der Waals surface area contributed by atoms with Crippen molar-refractivity contribution >= 4 is 49.9 Å². The molecule has 1 unspecified atom stereocenters. The number of methoxy groups -OCH3 is 1. The van der Waals surface area contributed by atoms with Gasteiger partial charge in [-0.1, -0.05) is 0 Å². The molecule has 5 nitrogen and oxygen atoms in total. The van der Waals surface area contributed by atoms with Crippen LogP contribution in [-0.2, 0) is 11.3 Å². The number of aromatic nitrogens is 2. The van der Waals surface area contributed by atoms with E-state index in [0.29, 0.717) is 13.2 Å². The van der Waals surface area contributed by atoms with Gasteiger partial charge >= 0.3 is 0 Å². The quantitative estimate of drug-likeness (QED) is 0.398. The van der Waals surface area contributed by atoms with Crippen LogP contribution >= 0.6 is 49.9 Å². The average Bonchev–Trinajstić information content (AvgIpc) is 2.97. The summed E-state index contributed by atoms with van der Waals surface area (Å²) in [4.78, 5) is 0. The highest BCUT2D eigenvalue weighted by Gasteiger charge is 2.21. The van der Waals surface area contributed by atoms with Gasteiger partial charge in [0.25, 0.3) is 0 Å². The van der Waals surface area contributed by atoms with Crippen LogP contribution < -0.4 is 11.3 Å². The third-order valence-electron chi connectivity index (χ3n) is 2.70. The summed E-state index contributed by atoms with van der Waals surface area (Å²) in [6.07, 6.45) is 1.78. The number of halogens is 2. The number of nitrogens with zero attached hydrogens (tertiary/aromatic N) is 2. The molecular weight excluding hydrogens is 443 g/mol. The van der Waals surface area contributed by atoms with Gasteiger partial charge in [0.1, 0.15) is 0 Å². The van der Waals surface area contributed by atoms with Crippen LogP contribution in [0.1, 0.15) is 17.3 Å². The Morgan fingerprint density at radius 3 is 3.05 bits per heavy atom. The average molecular weight is 457 g/mol. The summed E-state index contributed by atoms with van der Waals surface area (Å²) in [6, 6.07) is 2.03. The molecule has 2 aromatic rings. The van der Waals surface area contributed by atoms with Gasteiger partial charge in [0.05, 0.1) is 38.4 Å². The van der Waals surface area contributed by atoms with Crippen molar-refractivity contribution in [1.29, 1.82) is 0 Å². The summed E-state index contributed by atoms with van der Waals surface area (Å²) < 4.78 is 9.18. The van der Waals surface area contributed by atoms with E-state index in [-0.39, 0.29) is 6.04 Å². The van der Waals surface area contributed by atoms with Crippen LogP contribution in [0.3, 0.4) is 0 Å². The molecule has 0 radical (unpaired) electrons. The van der Waals surface area contributed by atoms with Crippen LogP contribution in [0.2, 0.25) is 0 Å². The first-order chi connectivity index (χ1) is 9.17. The van der Waals surface area contributed by atoms with E-state index < -0.39 is 0 Å². The van der Waals surface area contributed by atoms with E-state index in [2.05, 4.69) is 60.5 Å². The Morgan fingerprint density at radius 2 is 2.47 bits per heavy atom. The first-order valence-electron chi connectivity index (χ1n) is 5.57. The van der Waals surface area contributed by atoms with E-state index in [0.717, 1.165) is 15.7 Å². The maximum Gasteiger partial charge on any atom is 0.0898 e. The smallest absolute Gasteiger partial charge is 0.0898 e. The zero-order chi connectivity index (χ0) is 13.8. The molecule has 0 saturated heterocycles. The molecule has 104 valence electrons. The topological polar surface area (TPSA) is 65.1 Å². The lowest BCUT2D eigenvalue weighted by Gasteiger charge is -2.17. The standard InChI is InChI=1S/C11H14BrIN4OS/c1-18-3-2-17-11(8(12)5-15-17)10(16-14)7-4-9(13)19-6-7/h4-6,10,16H,2-3,14H2,1H3. The highest BCUT2D eigenvalue weighted by atomic mass is 127. The molecule has 2 aromatic heterocycles. The largest absolute Gasteiger partial charge is 0.383 e. The summed E-state index contributed by atoms with van der Waals surface area (Å²) >= 11 is 7.54. The number of nitrogens with two attached hydrogens (primary N) is 1. The van der Waals surface area contributed by atoms with Gasteiger partial charge in [0, 0.05) is 7.11 Å². The third kappa shape index (κ3) is 3.56. The number of ether oxygens (including phenoxy) is 1. The minimum Gasteiger partial charge on any atom is -0.383 e. The Labute approximate surface area is 137 Å². The number of hydrogen-bond donors (Lipinski definition) is 2. The molecule has 2 heterocycles. The van der Waals surface area contributed by atoms with Crippen LogP contribution in [0.15, 0.2) is 22.1 Å². The fourth-order valence-corrected chi connectivity index (χ4v) is 3.75. The lowest BCUT2D eigenvalue weighted by molar-refractivity contribution is 0.182. The summed E-state index contributed by atoms with van der Waals surface area (Å²) in [5, 5.41) is 6.45. The predicted octanol–water partition coefficient (Wildman–Crippen LogP) is 2.51. The molecule has 8 heteroatoms. The predicted molar refractivity (Wildman–Crippen MR) is 88.0 cm³/mol. The van der Waals surface area contributed by atoms with E-state index in [1.807, 2.05) is 4.68 Å². The van der Waals surface area contributed by atoms with Crippen molar-refractivity contribution in [1.82, 2.24) is 15.2 Å². The van der Waals surface area contributed by atoms with Crippen LogP contribution in [0.4, 0.5) is 0 Å². The SMILES string of the molecule is COCCn1ncc(Br)c1C(NN)c1csc(I)c1. The fourth-order valence-electron chi connectivity index (χ4n) is 1.82. The Bertz CT molecular complexity index is 545. The summed E-state index contributed by atoms with van der Waals surface area (Å²) in [5.74, 6) is 5.73. The maximum atomic E-state index is 5.73. The number of hydrogen-bond acceptors (Lipinski definition) is 5. The Hall–Kier alpha value is -0.000000000000000111. The van der Waals surface area contributed by atoms with Gasteiger partial charge < -0.3 is 4.74 Å². The zero-order valence-corrected chi connectivity index (χ0v) is 14.8. The van der Waals surface area contributed by atoms with Gasteiger partial charge in [-0.15, -0.1) is 11.3 Å². The second-order valence-electron chi connectivity index (χ2n) is 3.88. The van der Waals surface area contributed by atoms with Crippen molar-refractivity contribution in [3.05, 3.63) is 36.3 Å². The van der Waals surface area contributed by atoms with Crippen LogP contribution in [0, 0.1) is 2.88 Å². The second kappa shape index (κ2) is 7.14. The third-order valence-corrected chi connectivity index (χ3v) is 5.12. The highest BCUT2D eigenvalue weighted by Crippen LogP contribution is 2.31. The lowest BCUT2D eigenvalue weighted by Crippen LogP contribution is -2.31. The molecule has 0 aliphatic carbocycles. The summed E-state index contributed by atoms with van der Waals surface area (Å²) in [6.45, 7) is 1.30. The van der Waals surface area contributed by atoms with Crippen molar-refractivity contribution in [2.75, 3.05) is 13.7 Å². The van der Waals surface area contributed by atoms with E-state index in [4.69, 9.17) is 10.6 Å². The van der Waals surface area contributed by atoms with Crippen molar-refractivity contribution in [3.8, 4) is 0 Å². The molecule has 0 spiro atoms. The van der Waals surface area contributed by atoms with Crippen molar-refractivity contribution in [2.45, 2.75) is 12.6 Å². The van der Waals surface area contributed by atoms with Gasteiger partial charge in [0.2, 0.25) is 0 Å². The van der Waals surface area contributed by atoms with Gasteiger partial charge in [-0.2, -0.15) is 5.10 Å². The minimum atomic E-state index is -0.0894. The van der Waals surface area contributed by atoms with Crippen LogP contribution in [0.5, 0.6) is 0 Å². The molecule has 1 atom stereocenters. The highest BCUT2D eigenvalue weighted by molar-refractivity contribution is 14.1.